The molecule has 142 valence electrons. The molecule has 0 saturated heterocycles. The summed E-state index contributed by atoms with van der Waals surface area (Å²) in [5.74, 6) is 2.00. The van der Waals surface area contributed by atoms with Crippen molar-refractivity contribution in [3.05, 3.63) is 60.2 Å². The molecule has 2 aromatic carbocycles. The SMILES string of the molecule is CCNC(=NCCCOc1ccccc1)NCCc1cccc(O)c1.I. The Bertz CT molecular complexity index is 651. The Morgan fingerprint density at radius 1 is 1.08 bits per heavy atom. The van der Waals surface area contributed by atoms with E-state index >= 15 is 0 Å². The molecule has 0 unspecified atom stereocenters. The number of aromatic hydroxyl groups is 1. The fourth-order valence-corrected chi connectivity index (χ4v) is 2.34. The number of phenols is 1. The number of ether oxygens (including phenoxy) is 1. The largest absolute Gasteiger partial charge is 0.508 e. The maximum atomic E-state index is 9.49. The summed E-state index contributed by atoms with van der Waals surface area (Å²) in [5, 5.41) is 16.0. The predicted molar refractivity (Wildman–Crippen MR) is 118 cm³/mol. The van der Waals surface area contributed by atoms with E-state index in [0.29, 0.717) is 18.9 Å². The summed E-state index contributed by atoms with van der Waals surface area (Å²) in [6, 6.07) is 17.1. The molecule has 0 aliphatic carbocycles. The second-order valence-electron chi connectivity index (χ2n) is 5.62. The lowest BCUT2D eigenvalue weighted by molar-refractivity contribution is 0.313. The maximum absolute atomic E-state index is 9.49. The zero-order valence-corrected chi connectivity index (χ0v) is 17.5. The summed E-state index contributed by atoms with van der Waals surface area (Å²) in [6.07, 6.45) is 1.69. The molecule has 0 bridgehead atoms. The van der Waals surface area contributed by atoms with Crippen LogP contribution in [-0.4, -0.2) is 37.3 Å². The van der Waals surface area contributed by atoms with E-state index in [9.17, 15) is 5.11 Å². The first kappa shape index (κ1) is 22.1. The van der Waals surface area contributed by atoms with Gasteiger partial charge >= 0.3 is 0 Å². The van der Waals surface area contributed by atoms with Crippen molar-refractivity contribution >= 4 is 29.9 Å². The van der Waals surface area contributed by atoms with Gasteiger partial charge < -0.3 is 20.5 Å². The number of halogens is 1. The molecule has 0 radical (unpaired) electrons. The van der Waals surface area contributed by atoms with Crippen LogP contribution in [0.3, 0.4) is 0 Å². The van der Waals surface area contributed by atoms with Crippen LogP contribution in [0.25, 0.3) is 0 Å². The third-order valence-electron chi connectivity index (χ3n) is 3.55. The maximum Gasteiger partial charge on any atom is 0.191 e. The molecule has 0 amide bonds. The standard InChI is InChI=1S/C20H27N3O2.HI/c1-2-21-20(23-14-12-17-8-6-9-18(24)16-17)22-13-7-15-25-19-10-4-3-5-11-19;/h3-6,8-11,16,24H,2,7,12-15H2,1H3,(H2,21,22,23);1H. The topological polar surface area (TPSA) is 65.9 Å². The summed E-state index contributed by atoms with van der Waals surface area (Å²) in [7, 11) is 0. The van der Waals surface area contributed by atoms with Crippen LogP contribution < -0.4 is 15.4 Å². The van der Waals surface area contributed by atoms with Gasteiger partial charge in [-0.05, 0) is 43.2 Å². The van der Waals surface area contributed by atoms with Crippen LogP contribution >= 0.6 is 24.0 Å². The van der Waals surface area contributed by atoms with Gasteiger partial charge in [-0.2, -0.15) is 0 Å². The van der Waals surface area contributed by atoms with Crippen molar-refractivity contribution in [3.63, 3.8) is 0 Å². The molecule has 0 fully saturated rings. The van der Waals surface area contributed by atoms with Gasteiger partial charge in [0.2, 0.25) is 0 Å². The molecule has 2 rings (SSSR count). The molecule has 3 N–H and O–H groups in total. The van der Waals surface area contributed by atoms with E-state index < -0.39 is 0 Å². The van der Waals surface area contributed by atoms with Gasteiger partial charge in [0.1, 0.15) is 11.5 Å². The Morgan fingerprint density at radius 3 is 2.62 bits per heavy atom. The number of guanidine groups is 1. The number of rotatable bonds is 9. The quantitative estimate of drug-likeness (QED) is 0.227. The van der Waals surface area contributed by atoms with Crippen molar-refractivity contribution < 1.29 is 9.84 Å². The zero-order chi connectivity index (χ0) is 17.7. The molecular formula is C20H28IN3O2. The Morgan fingerprint density at radius 2 is 1.88 bits per heavy atom. The van der Waals surface area contributed by atoms with Crippen molar-refractivity contribution in [2.45, 2.75) is 19.8 Å². The summed E-state index contributed by atoms with van der Waals surface area (Å²) in [4.78, 5) is 4.56. The Kier molecular flexibility index (Phi) is 11.3. The van der Waals surface area contributed by atoms with Crippen molar-refractivity contribution in [2.24, 2.45) is 4.99 Å². The molecule has 0 aliphatic heterocycles. The number of para-hydroxylation sites is 1. The molecule has 0 aromatic heterocycles. The number of benzene rings is 2. The van der Waals surface area contributed by atoms with E-state index in [1.807, 2.05) is 49.4 Å². The number of aliphatic imine (C=N–C) groups is 1. The first-order valence-corrected chi connectivity index (χ1v) is 8.76. The van der Waals surface area contributed by atoms with Gasteiger partial charge in [0, 0.05) is 26.1 Å². The summed E-state index contributed by atoms with van der Waals surface area (Å²) in [6.45, 7) is 4.98. The van der Waals surface area contributed by atoms with E-state index in [1.165, 1.54) is 0 Å². The smallest absolute Gasteiger partial charge is 0.191 e. The number of nitrogens with zero attached hydrogens (tertiary/aromatic N) is 1. The van der Waals surface area contributed by atoms with Gasteiger partial charge in [0.15, 0.2) is 5.96 Å². The highest BCUT2D eigenvalue weighted by Gasteiger charge is 1.99. The highest BCUT2D eigenvalue weighted by Crippen LogP contribution is 2.11. The van der Waals surface area contributed by atoms with E-state index in [0.717, 1.165) is 43.2 Å². The second-order valence-corrected chi connectivity index (χ2v) is 5.62. The summed E-state index contributed by atoms with van der Waals surface area (Å²) < 4.78 is 5.66. The highest BCUT2D eigenvalue weighted by atomic mass is 127. The average molecular weight is 469 g/mol. The molecule has 0 spiro atoms. The zero-order valence-electron chi connectivity index (χ0n) is 15.1. The minimum absolute atomic E-state index is 0. The van der Waals surface area contributed by atoms with Crippen molar-refractivity contribution in [1.82, 2.24) is 10.6 Å². The third kappa shape index (κ3) is 8.94. The fourth-order valence-electron chi connectivity index (χ4n) is 2.34. The van der Waals surface area contributed by atoms with Gasteiger partial charge in [-0.15, -0.1) is 24.0 Å². The lowest BCUT2D eigenvalue weighted by Gasteiger charge is -2.11. The van der Waals surface area contributed by atoms with Crippen LogP contribution in [0.5, 0.6) is 11.5 Å². The minimum atomic E-state index is 0. The van der Waals surface area contributed by atoms with Gasteiger partial charge in [-0.3, -0.25) is 4.99 Å². The monoisotopic (exact) mass is 469 g/mol. The molecule has 0 saturated carbocycles. The molecule has 0 heterocycles. The average Bonchev–Trinajstić information content (AvgIpc) is 2.62. The van der Waals surface area contributed by atoms with Gasteiger partial charge in [-0.25, -0.2) is 0 Å². The molecule has 26 heavy (non-hydrogen) atoms. The molecule has 0 aliphatic rings. The van der Waals surface area contributed by atoms with Crippen LogP contribution in [0.15, 0.2) is 59.6 Å². The summed E-state index contributed by atoms with van der Waals surface area (Å²) >= 11 is 0. The van der Waals surface area contributed by atoms with Crippen LogP contribution in [0, 0.1) is 0 Å². The molecular weight excluding hydrogens is 441 g/mol. The first-order chi connectivity index (χ1) is 12.3. The predicted octanol–water partition coefficient (Wildman–Crippen LogP) is 3.58. The Labute approximate surface area is 172 Å². The Balaban J connectivity index is 0.00000338. The molecule has 0 atom stereocenters. The highest BCUT2D eigenvalue weighted by molar-refractivity contribution is 14.0. The number of phenolic OH excluding ortho intramolecular Hbond substituents is 1. The lowest BCUT2D eigenvalue weighted by Crippen LogP contribution is -2.38. The van der Waals surface area contributed by atoms with E-state index in [-0.39, 0.29) is 24.0 Å². The normalized spacial score (nSPS) is 10.7. The van der Waals surface area contributed by atoms with Crippen LogP contribution in [0.4, 0.5) is 0 Å². The van der Waals surface area contributed by atoms with Gasteiger partial charge in [0.25, 0.3) is 0 Å². The molecule has 5 nitrogen and oxygen atoms in total. The van der Waals surface area contributed by atoms with Crippen molar-refractivity contribution in [2.75, 3.05) is 26.2 Å². The second kappa shape index (κ2) is 13.3. The van der Waals surface area contributed by atoms with E-state index in [1.54, 1.807) is 12.1 Å². The van der Waals surface area contributed by atoms with Crippen LogP contribution in [-0.2, 0) is 6.42 Å². The van der Waals surface area contributed by atoms with Crippen molar-refractivity contribution in [1.29, 1.82) is 0 Å². The van der Waals surface area contributed by atoms with Crippen LogP contribution in [0.1, 0.15) is 18.9 Å². The third-order valence-corrected chi connectivity index (χ3v) is 3.55. The lowest BCUT2D eigenvalue weighted by atomic mass is 10.1. The first-order valence-electron chi connectivity index (χ1n) is 8.76. The molecule has 2 aromatic rings. The number of nitrogens with one attached hydrogen (secondary N) is 2. The minimum Gasteiger partial charge on any atom is -0.508 e. The molecule has 6 heteroatoms. The fraction of sp³-hybridized carbons (Fsp3) is 0.350. The van der Waals surface area contributed by atoms with Crippen molar-refractivity contribution in [3.8, 4) is 11.5 Å². The number of hydrogen-bond acceptors (Lipinski definition) is 3. The number of hydrogen-bond donors (Lipinski definition) is 3. The van der Waals surface area contributed by atoms with Gasteiger partial charge in [-0.1, -0.05) is 30.3 Å². The Hall–Kier alpha value is -1.96. The van der Waals surface area contributed by atoms with E-state index in [4.69, 9.17) is 4.74 Å². The van der Waals surface area contributed by atoms with E-state index in [2.05, 4.69) is 15.6 Å². The summed E-state index contributed by atoms with van der Waals surface area (Å²) in [5.41, 5.74) is 1.10. The van der Waals surface area contributed by atoms with Crippen LogP contribution in [0.2, 0.25) is 0 Å². The van der Waals surface area contributed by atoms with Gasteiger partial charge in [0.05, 0.1) is 6.61 Å².